The first-order chi connectivity index (χ1) is 10.1. The van der Waals surface area contributed by atoms with Crippen molar-refractivity contribution in [2.24, 2.45) is 0 Å². The summed E-state index contributed by atoms with van der Waals surface area (Å²) in [5.41, 5.74) is 6.79. The van der Waals surface area contributed by atoms with Crippen molar-refractivity contribution in [3.05, 3.63) is 64.2 Å². The van der Waals surface area contributed by atoms with Gasteiger partial charge in [-0.3, -0.25) is 0 Å². The van der Waals surface area contributed by atoms with Crippen LogP contribution in [0, 0.1) is 20.8 Å². The summed E-state index contributed by atoms with van der Waals surface area (Å²) in [5.74, 6) is 1.03. The van der Waals surface area contributed by atoms with Gasteiger partial charge in [0.25, 0.3) is 0 Å². The quantitative estimate of drug-likeness (QED) is 0.909. The number of fused-ring (bicyclic) bond motifs is 1. The molecule has 3 rings (SSSR count). The summed E-state index contributed by atoms with van der Waals surface area (Å²) in [6.45, 7) is 8.27. The van der Waals surface area contributed by atoms with Gasteiger partial charge < -0.3 is 10.1 Å². The maximum atomic E-state index is 5.73. The lowest BCUT2D eigenvalue weighted by Gasteiger charge is -2.27. The number of rotatable bonds is 3. The summed E-state index contributed by atoms with van der Waals surface area (Å²) in [5, 5.41) is 3.72. The van der Waals surface area contributed by atoms with Crippen LogP contribution in [0.1, 0.15) is 40.3 Å². The number of nitrogens with one attached hydrogen (secondary N) is 1. The molecule has 0 saturated heterocycles. The Morgan fingerprint density at radius 2 is 1.81 bits per heavy atom. The molecular formula is C19H23NO. The first-order valence-corrected chi connectivity index (χ1v) is 7.67. The molecule has 110 valence electrons. The van der Waals surface area contributed by atoms with E-state index >= 15 is 0 Å². The molecule has 1 N–H and O–H groups in total. The molecule has 0 spiro atoms. The van der Waals surface area contributed by atoms with E-state index in [2.05, 4.69) is 56.4 Å². The Morgan fingerprint density at radius 3 is 2.57 bits per heavy atom. The van der Waals surface area contributed by atoms with Gasteiger partial charge in [0.15, 0.2) is 0 Å². The number of benzene rings is 2. The summed E-state index contributed by atoms with van der Waals surface area (Å²) in [6.07, 6.45) is 1.03. The van der Waals surface area contributed by atoms with Crippen molar-refractivity contribution < 1.29 is 4.74 Å². The number of para-hydroxylation sites is 1. The Labute approximate surface area is 127 Å². The van der Waals surface area contributed by atoms with Crippen molar-refractivity contribution in [1.82, 2.24) is 5.32 Å². The molecule has 0 radical (unpaired) electrons. The lowest BCUT2D eigenvalue weighted by atomic mass is 9.97. The van der Waals surface area contributed by atoms with Gasteiger partial charge in [-0.25, -0.2) is 0 Å². The van der Waals surface area contributed by atoms with E-state index in [9.17, 15) is 0 Å². The predicted octanol–water partition coefficient (Wildman–Crippen LogP) is 4.23. The Morgan fingerprint density at radius 1 is 1.10 bits per heavy atom. The second-order valence-corrected chi connectivity index (χ2v) is 5.99. The summed E-state index contributed by atoms with van der Waals surface area (Å²) in [4.78, 5) is 0. The van der Waals surface area contributed by atoms with Crippen LogP contribution >= 0.6 is 0 Å². The Balaban J connectivity index is 1.78. The molecule has 2 nitrogen and oxygen atoms in total. The molecule has 2 aromatic carbocycles. The zero-order chi connectivity index (χ0) is 14.8. The van der Waals surface area contributed by atoms with Crippen LogP contribution in [0.25, 0.3) is 0 Å². The second kappa shape index (κ2) is 5.90. The highest BCUT2D eigenvalue weighted by molar-refractivity contribution is 5.39. The van der Waals surface area contributed by atoms with Gasteiger partial charge in [-0.2, -0.15) is 0 Å². The molecule has 2 heteroatoms. The fourth-order valence-corrected chi connectivity index (χ4v) is 3.27. The number of hydrogen-bond acceptors (Lipinski definition) is 2. The lowest BCUT2D eigenvalue weighted by Crippen LogP contribution is -2.27. The molecule has 0 aliphatic carbocycles. The first kappa shape index (κ1) is 14.2. The average molecular weight is 281 g/mol. The molecular weight excluding hydrogens is 258 g/mol. The molecule has 0 saturated carbocycles. The number of ether oxygens (including phenoxy) is 1. The smallest absolute Gasteiger partial charge is 0.124 e. The minimum absolute atomic E-state index is 0.384. The van der Waals surface area contributed by atoms with Crippen LogP contribution in [0.15, 0.2) is 36.4 Å². The maximum Gasteiger partial charge on any atom is 0.124 e. The van der Waals surface area contributed by atoms with Gasteiger partial charge in [0.05, 0.1) is 6.61 Å². The molecule has 1 atom stereocenters. The highest BCUT2D eigenvalue weighted by Gasteiger charge is 2.20. The fourth-order valence-electron chi connectivity index (χ4n) is 3.27. The zero-order valence-corrected chi connectivity index (χ0v) is 13.1. The number of aryl methyl sites for hydroxylation is 3. The van der Waals surface area contributed by atoms with Crippen molar-refractivity contribution in [3.8, 4) is 5.75 Å². The fraction of sp³-hybridized carbons (Fsp3) is 0.368. The molecule has 1 unspecified atom stereocenters. The normalized spacial score (nSPS) is 17.2. The highest BCUT2D eigenvalue weighted by Crippen LogP contribution is 2.32. The first-order valence-electron chi connectivity index (χ1n) is 7.67. The van der Waals surface area contributed by atoms with Gasteiger partial charge in [-0.15, -0.1) is 0 Å². The molecule has 21 heavy (non-hydrogen) atoms. The van der Waals surface area contributed by atoms with E-state index < -0.39 is 0 Å². The molecule has 0 bridgehead atoms. The van der Waals surface area contributed by atoms with Crippen molar-refractivity contribution in [1.29, 1.82) is 0 Å². The van der Waals surface area contributed by atoms with Crippen molar-refractivity contribution in [3.63, 3.8) is 0 Å². The van der Waals surface area contributed by atoms with Crippen molar-refractivity contribution in [2.75, 3.05) is 6.61 Å². The monoisotopic (exact) mass is 281 g/mol. The highest BCUT2D eigenvalue weighted by atomic mass is 16.5. The average Bonchev–Trinajstić information content (AvgIpc) is 2.46. The van der Waals surface area contributed by atoms with Crippen LogP contribution in [-0.4, -0.2) is 6.61 Å². The molecule has 0 fully saturated rings. The molecule has 1 aliphatic heterocycles. The van der Waals surface area contributed by atoms with Gasteiger partial charge in [-0.1, -0.05) is 35.9 Å². The Kier molecular flexibility index (Phi) is 3.98. The van der Waals surface area contributed by atoms with Gasteiger partial charge in [0.1, 0.15) is 5.75 Å². The third-order valence-electron chi connectivity index (χ3n) is 4.32. The van der Waals surface area contributed by atoms with Gasteiger partial charge in [-0.05, 0) is 43.5 Å². The summed E-state index contributed by atoms with van der Waals surface area (Å²) in [6, 6.07) is 13.3. The van der Waals surface area contributed by atoms with E-state index in [1.807, 2.05) is 6.07 Å². The Hall–Kier alpha value is -1.80. The molecule has 0 aromatic heterocycles. The van der Waals surface area contributed by atoms with Crippen molar-refractivity contribution in [2.45, 2.75) is 39.8 Å². The van der Waals surface area contributed by atoms with Crippen LogP contribution in [0.5, 0.6) is 5.75 Å². The SMILES string of the molecule is Cc1cc(C)c(CNC2CCOc3ccccc32)c(C)c1. The minimum Gasteiger partial charge on any atom is -0.493 e. The predicted molar refractivity (Wildman–Crippen MR) is 86.8 cm³/mol. The van der Waals surface area contributed by atoms with Gasteiger partial charge in [0.2, 0.25) is 0 Å². The van der Waals surface area contributed by atoms with Gasteiger partial charge >= 0.3 is 0 Å². The van der Waals surface area contributed by atoms with E-state index in [4.69, 9.17) is 4.74 Å². The van der Waals surface area contributed by atoms with E-state index in [0.29, 0.717) is 6.04 Å². The third kappa shape index (κ3) is 2.96. The summed E-state index contributed by atoms with van der Waals surface area (Å²) < 4.78 is 5.73. The standard InChI is InChI=1S/C19H23NO/c1-13-10-14(2)17(15(3)11-13)12-20-18-8-9-21-19-7-5-4-6-16(18)19/h4-7,10-11,18,20H,8-9,12H2,1-3H3. The second-order valence-electron chi connectivity index (χ2n) is 5.99. The van der Waals surface area contributed by atoms with Crippen LogP contribution in [0.4, 0.5) is 0 Å². The number of hydrogen-bond donors (Lipinski definition) is 1. The molecule has 0 amide bonds. The van der Waals surface area contributed by atoms with Crippen LogP contribution in [0.3, 0.4) is 0 Å². The summed E-state index contributed by atoms with van der Waals surface area (Å²) in [7, 11) is 0. The minimum atomic E-state index is 0.384. The van der Waals surface area contributed by atoms with E-state index in [1.165, 1.54) is 27.8 Å². The van der Waals surface area contributed by atoms with Crippen LogP contribution < -0.4 is 10.1 Å². The third-order valence-corrected chi connectivity index (χ3v) is 4.32. The molecule has 1 heterocycles. The zero-order valence-electron chi connectivity index (χ0n) is 13.1. The summed E-state index contributed by atoms with van der Waals surface area (Å²) >= 11 is 0. The van der Waals surface area contributed by atoms with Crippen LogP contribution in [-0.2, 0) is 6.54 Å². The maximum absolute atomic E-state index is 5.73. The molecule has 1 aliphatic rings. The van der Waals surface area contributed by atoms with Crippen LogP contribution in [0.2, 0.25) is 0 Å². The van der Waals surface area contributed by atoms with E-state index in [1.54, 1.807) is 0 Å². The van der Waals surface area contributed by atoms with Crippen molar-refractivity contribution >= 4 is 0 Å². The van der Waals surface area contributed by atoms with E-state index in [-0.39, 0.29) is 0 Å². The molecule has 2 aromatic rings. The lowest BCUT2D eigenvalue weighted by molar-refractivity contribution is 0.252. The van der Waals surface area contributed by atoms with Gasteiger partial charge in [0, 0.05) is 24.6 Å². The van der Waals surface area contributed by atoms with E-state index in [0.717, 1.165) is 25.3 Å². The largest absolute Gasteiger partial charge is 0.493 e. The topological polar surface area (TPSA) is 21.3 Å². The Bertz CT molecular complexity index is 625.